The third-order valence-electron chi connectivity index (χ3n) is 5.60. The zero-order chi connectivity index (χ0) is 23.3. The van der Waals surface area contributed by atoms with E-state index in [0.29, 0.717) is 30.3 Å². The van der Waals surface area contributed by atoms with Crippen LogP contribution in [0.1, 0.15) is 33.2 Å². The third-order valence-corrected chi connectivity index (χ3v) is 5.60. The summed E-state index contributed by atoms with van der Waals surface area (Å²) in [6, 6.07) is 28.2. The average molecular weight is 453 g/mol. The fourth-order valence-electron chi connectivity index (χ4n) is 3.81. The molecule has 4 aromatic rings. The second kappa shape index (κ2) is 9.77. The van der Waals surface area contributed by atoms with E-state index in [1.54, 1.807) is 36.5 Å². The Hall–Kier alpha value is -4.16. The Morgan fingerprint density at radius 3 is 2.12 bits per heavy atom. The predicted molar refractivity (Wildman–Crippen MR) is 126 cm³/mol. The van der Waals surface area contributed by atoms with Gasteiger partial charge in [0.05, 0.1) is 5.56 Å². The van der Waals surface area contributed by atoms with Crippen LogP contribution < -0.4 is 14.2 Å². The fourth-order valence-corrected chi connectivity index (χ4v) is 3.81. The van der Waals surface area contributed by atoms with Gasteiger partial charge in [0.1, 0.15) is 13.2 Å². The van der Waals surface area contributed by atoms with Gasteiger partial charge in [-0.2, -0.15) is 0 Å². The summed E-state index contributed by atoms with van der Waals surface area (Å²) in [5.41, 5.74) is 2.89. The van der Waals surface area contributed by atoms with Gasteiger partial charge in [-0.25, -0.2) is 4.98 Å². The van der Waals surface area contributed by atoms with Gasteiger partial charge in [0.2, 0.25) is 11.7 Å². The first-order chi connectivity index (χ1) is 16.7. The quantitative estimate of drug-likeness (QED) is 0.428. The molecular formula is C28H23NO5. The Morgan fingerprint density at radius 1 is 0.794 bits per heavy atom. The molecule has 0 aliphatic carbocycles. The summed E-state index contributed by atoms with van der Waals surface area (Å²) in [4.78, 5) is 16.8. The maximum Gasteiger partial charge on any atom is 0.225 e. The van der Waals surface area contributed by atoms with Crippen LogP contribution in [0.2, 0.25) is 0 Å². The van der Waals surface area contributed by atoms with E-state index in [4.69, 9.17) is 14.2 Å². The first-order valence-electron chi connectivity index (χ1n) is 11.0. The Bertz CT molecular complexity index is 1280. The summed E-state index contributed by atoms with van der Waals surface area (Å²) < 4.78 is 18.1. The highest BCUT2D eigenvalue weighted by Gasteiger charge is 2.38. The lowest BCUT2D eigenvalue weighted by molar-refractivity contribution is 0.0193. The maximum atomic E-state index is 12.7. The molecule has 2 unspecified atom stereocenters. The third kappa shape index (κ3) is 4.63. The molecule has 1 aromatic heterocycles. The highest BCUT2D eigenvalue weighted by molar-refractivity contribution is 6.02. The Morgan fingerprint density at radius 2 is 1.44 bits per heavy atom. The molecule has 1 aliphatic heterocycles. The lowest BCUT2D eigenvalue weighted by Crippen LogP contribution is -2.36. The number of pyridine rings is 1. The van der Waals surface area contributed by atoms with Gasteiger partial charge in [-0.3, -0.25) is 4.79 Å². The van der Waals surface area contributed by atoms with Gasteiger partial charge in [0, 0.05) is 6.20 Å². The van der Waals surface area contributed by atoms with Gasteiger partial charge in [-0.15, -0.1) is 0 Å². The molecule has 2 heterocycles. The van der Waals surface area contributed by atoms with Crippen LogP contribution in [0, 0.1) is 0 Å². The number of ketones is 1. The average Bonchev–Trinajstić information content (AvgIpc) is 2.90. The van der Waals surface area contributed by atoms with E-state index in [9.17, 15) is 9.90 Å². The molecule has 0 radical (unpaired) electrons. The minimum Gasteiger partial charge on any atom is -0.485 e. The molecule has 2 atom stereocenters. The Labute approximate surface area is 197 Å². The summed E-state index contributed by atoms with van der Waals surface area (Å²) in [6.07, 6.45) is -0.706. The van der Waals surface area contributed by atoms with Crippen LogP contribution in [0.3, 0.4) is 0 Å². The highest BCUT2D eigenvalue weighted by Crippen LogP contribution is 2.38. The molecule has 34 heavy (non-hydrogen) atoms. The van der Waals surface area contributed by atoms with E-state index in [-0.39, 0.29) is 11.4 Å². The number of carbonyl (C=O) groups excluding carboxylic acids is 1. The molecule has 0 saturated carbocycles. The standard InChI is InChI=1S/C28H23NO5/c30-25-22-12-7-15-29-28(22)34-27(26(25)31)21-13-14-23(32-17-19-8-3-1-4-9-19)24(16-21)33-18-20-10-5-2-6-11-20/h1-16,26-27,31H,17-18H2. The van der Waals surface area contributed by atoms with Gasteiger partial charge in [-0.1, -0.05) is 66.7 Å². The number of ether oxygens (including phenoxy) is 3. The molecule has 0 fully saturated rings. The van der Waals surface area contributed by atoms with E-state index in [1.807, 2.05) is 60.7 Å². The minimum absolute atomic E-state index is 0.207. The topological polar surface area (TPSA) is 77.9 Å². The molecule has 6 nitrogen and oxygen atoms in total. The summed E-state index contributed by atoms with van der Waals surface area (Å²) in [7, 11) is 0. The molecule has 0 spiro atoms. The van der Waals surface area contributed by atoms with Crippen molar-refractivity contribution >= 4 is 5.78 Å². The van der Waals surface area contributed by atoms with Crippen molar-refractivity contribution in [1.29, 1.82) is 0 Å². The lowest BCUT2D eigenvalue weighted by atomic mass is 9.95. The van der Waals surface area contributed by atoms with E-state index in [1.165, 1.54) is 0 Å². The zero-order valence-corrected chi connectivity index (χ0v) is 18.3. The molecule has 5 rings (SSSR count). The smallest absolute Gasteiger partial charge is 0.225 e. The Kier molecular flexibility index (Phi) is 6.23. The van der Waals surface area contributed by atoms with Crippen molar-refractivity contribution in [3.8, 4) is 17.4 Å². The number of fused-ring (bicyclic) bond motifs is 1. The molecule has 3 aromatic carbocycles. The number of hydrogen-bond acceptors (Lipinski definition) is 6. The van der Waals surface area contributed by atoms with Crippen LogP contribution in [0.5, 0.6) is 17.4 Å². The minimum atomic E-state index is -1.35. The number of benzene rings is 3. The molecule has 0 bridgehead atoms. The summed E-state index contributed by atoms with van der Waals surface area (Å²) in [5, 5.41) is 10.7. The number of rotatable bonds is 7. The van der Waals surface area contributed by atoms with Gasteiger partial charge in [-0.05, 0) is 41.0 Å². The lowest BCUT2D eigenvalue weighted by Gasteiger charge is -2.29. The SMILES string of the molecule is O=C1c2cccnc2OC(c2ccc(OCc3ccccc3)c(OCc3ccccc3)c2)C1O. The molecular weight excluding hydrogens is 430 g/mol. The predicted octanol–water partition coefficient (Wildman–Crippen LogP) is 4.92. The van der Waals surface area contributed by atoms with E-state index in [0.717, 1.165) is 11.1 Å². The number of aliphatic hydroxyl groups is 1. The highest BCUT2D eigenvalue weighted by atomic mass is 16.5. The summed E-state index contributed by atoms with van der Waals surface area (Å²) in [6.45, 7) is 0.712. The largest absolute Gasteiger partial charge is 0.485 e. The molecule has 170 valence electrons. The van der Waals surface area contributed by atoms with Crippen molar-refractivity contribution in [3.05, 3.63) is 119 Å². The first kappa shape index (κ1) is 21.7. The van der Waals surface area contributed by atoms with Crippen molar-refractivity contribution in [2.24, 2.45) is 0 Å². The van der Waals surface area contributed by atoms with Gasteiger partial charge in [0.25, 0.3) is 0 Å². The van der Waals surface area contributed by atoms with E-state index >= 15 is 0 Å². The van der Waals surface area contributed by atoms with Gasteiger partial charge < -0.3 is 19.3 Å². The second-order valence-corrected chi connectivity index (χ2v) is 7.96. The normalized spacial score (nSPS) is 16.9. The Balaban J connectivity index is 1.43. The van der Waals surface area contributed by atoms with Crippen molar-refractivity contribution in [2.45, 2.75) is 25.4 Å². The number of carbonyl (C=O) groups is 1. The number of hydrogen-bond donors (Lipinski definition) is 1. The molecule has 1 N–H and O–H groups in total. The number of aliphatic hydroxyl groups excluding tert-OH is 1. The first-order valence-corrected chi connectivity index (χ1v) is 11.0. The zero-order valence-electron chi connectivity index (χ0n) is 18.3. The van der Waals surface area contributed by atoms with Crippen molar-refractivity contribution in [2.75, 3.05) is 0 Å². The number of Topliss-reactive ketones (excluding diaryl/α,β-unsaturated/α-hetero) is 1. The van der Waals surface area contributed by atoms with Crippen molar-refractivity contribution in [3.63, 3.8) is 0 Å². The molecule has 0 amide bonds. The number of nitrogens with zero attached hydrogens (tertiary/aromatic N) is 1. The van der Waals surface area contributed by atoms with Gasteiger partial charge in [0.15, 0.2) is 23.7 Å². The van der Waals surface area contributed by atoms with Gasteiger partial charge >= 0.3 is 0 Å². The molecule has 1 aliphatic rings. The van der Waals surface area contributed by atoms with Crippen LogP contribution in [-0.2, 0) is 13.2 Å². The van der Waals surface area contributed by atoms with Crippen LogP contribution >= 0.6 is 0 Å². The second-order valence-electron chi connectivity index (χ2n) is 7.96. The van der Waals surface area contributed by atoms with Crippen molar-refractivity contribution < 1.29 is 24.1 Å². The molecule has 6 heteroatoms. The summed E-state index contributed by atoms with van der Waals surface area (Å²) in [5.74, 6) is 0.834. The maximum absolute atomic E-state index is 12.7. The number of aromatic nitrogens is 1. The van der Waals surface area contributed by atoms with Crippen LogP contribution in [0.25, 0.3) is 0 Å². The molecule has 0 saturated heterocycles. The van der Waals surface area contributed by atoms with Crippen molar-refractivity contribution in [1.82, 2.24) is 4.98 Å². The van der Waals surface area contributed by atoms with Crippen LogP contribution in [0.15, 0.2) is 97.2 Å². The van der Waals surface area contributed by atoms with Crippen LogP contribution in [0.4, 0.5) is 0 Å². The van der Waals surface area contributed by atoms with Crippen LogP contribution in [-0.4, -0.2) is 22.0 Å². The fraction of sp³-hybridized carbons (Fsp3) is 0.143. The monoisotopic (exact) mass is 453 g/mol. The summed E-state index contributed by atoms with van der Waals surface area (Å²) >= 11 is 0. The van der Waals surface area contributed by atoms with E-state index in [2.05, 4.69) is 4.98 Å². The van der Waals surface area contributed by atoms with E-state index < -0.39 is 18.0 Å².